The van der Waals surface area contributed by atoms with E-state index in [0.29, 0.717) is 0 Å². The average Bonchev–Trinajstić information content (AvgIpc) is 2.62. The standard InChI is InChI=1S/C26H46O2/c1-21(2)9-7-11-23(5)17-19-27-25-13-15-26(16-14-25)28-20-18-24(6)12-8-10-22(3)4/h13-16,21-24H,7-12,17-20H2,1-6H3/t23-,24-/m0/s1. The molecule has 0 aromatic heterocycles. The summed E-state index contributed by atoms with van der Waals surface area (Å²) in [6.07, 6.45) is 10.2. The average molecular weight is 391 g/mol. The molecule has 0 bridgehead atoms. The Morgan fingerprint density at radius 2 is 0.893 bits per heavy atom. The third-order valence-corrected chi connectivity index (χ3v) is 5.54. The zero-order chi connectivity index (χ0) is 20.8. The fraction of sp³-hybridized carbons (Fsp3) is 0.769. The minimum atomic E-state index is 0.740. The van der Waals surface area contributed by atoms with Crippen LogP contribution in [-0.4, -0.2) is 13.2 Å². The highest BCUT2D eigenvalue weighted by Crippen LogP contribution is 2.21. The molecule has 2 heteroatoms. The van der Waals surface area contributed by atoms with Gasteiger partial charge in [-0.3, -0.25) is 0 Å². The summed E-state index contributed by atoms with van der Waals surface area (Å²) in [6.45, 7) is 15.5. The van der Waals surface area contributed by atoms with Crippen molar-refractivity contribution in [1.29, 1.82) is 0 Å². The summed E-state index contributed by atoms with van der Waals surface area (Å²) >= 11 is 0. The molecule has 1 aromatic carbocycles. The number of ether oxygens (including phenoxy) is 2. The van der Waals surface area contributed by atoms with E-state index in [-0.39, 0.29) is 0 Å². The van der Waals surface area contributed by atoms with Gasteiger partial charge in [0.1, 0.15) is 11.5 Å². The highest BCUT2D eigenvalue weighted by Gasteiger charge is 2.06. The molecule has 0 spiro atoms. The van der Waals surface area contributed by atoms with Gasteiger partial charge < -0.3 is 9.47 Å². The third-order valence-electron chi connectivity index (χ3n) is 5.54. The van der Waals surface area contributed by atoms with Crippen molar-refractivity contribution in [3.05, 3.63) is 24.3 Å². The minimum absolute atomic E-state index is 0.740. The smallest absolute Gasteiger partial charge is 0.119 e. The molecule has 0 aliphatic heterocycles. The summed E-state index contributed by atoms with van der Waals surface area (Å²) < 4.78 is 11.8. The van der Waals surface area contributed by atoms with E-state index in [1.807, 2.05) is 24.3 Å². The lowest BCUT2D eigenvalue weighted by molar-refractivity contribution is 0.269. The molecule has 0 saturated carbocycles. The maximum atomic E-state index is 5.91. The van der Waals surface area contributed by atoms with Crippen LogP contribution < -0.4 is 9.47 Å². The Morgan fingerprint density at radius 1 is 0.536 bits per heavy atom. The van der Waals surface area contributed by atoms with Crippen LogP contribution in [0.15, 0.2) is 24.3 Å². The van der Waals surface area contributed by atoms with Gasteiger partial charge in [0.05, 0.1) is 13.2 Å². The highest BCUT2D eigenvalue weighted by molar-refractivity contribution is 5.31. The molecule has 0 fully saturated rings. The molecule has 0 saturated heterocycles. The van der Waals surface area contributed by atoms with E-state index in [9.17, 15) is 0 Å². The Labute approximate surface area is 175 Å². The highest BCUT2D eigenvalue weighted by atomic mass is 16.5. The predicted molar refractivity (Wildman–Crippen MR) is 122 cm³/mol. The number of hydrogen-bond acceptors (Lipinski definition) is 2. The van der Waals surface area contributed by atoms with Crippen molar-refractivity contribution < 1.29 is 9.47 Å². The van der Waals surface area contributed by atoms with Crippen LogP contribution in [0.1, 0.15) is 92.9 Å². The quantitative estimate of drug-likeness (QED) is 0.283. The van der Waals surface area contributed by atoms with Crippen molar-refractivity contribution in [2.24, 2.45) is 23.7 Å². The Balaban J connectivity index is 2.14. The molecule has 2 atom stereocenters. The molecule has 0 radical (unpaired) electrons. The Hall–Kier alpha value is -1.18. The van der Waals surface area contributed by atoms with E-state index in [2.05, 4.69) is 41.5 Å². The van der Waals surface area contributed by atoms with E-state index in [1.54, 1.807) is 0 Å². The first-order valence-electron chi connectivity index (χ1n) is 11.7. The van der Waals surface area contributed by atoms with Crippen LogP contribution in [0.5, 0.6) is 11.5 Å². The Kier molecular flexibility index (Phi) is 13.1. The molecule has 0 heterocycles. The van der Waals surface area contributed by atoms with Gasteiger partial charge in [-0.1, -0.05) is 80.1 Å². The second-order valence-electron chi connectivity index (χ2n) is 9.61. The molecular formula is C26H46O2. The van der Waals surface area contributed by atoms with Gasteiger partial charge in [-0.05, 0) is 60.8 Å². The minimum Gasteiger partial charge on any atom is -0.494 e. The normalized spacial score (nSPS) is 13.7. The molecule has 2 nitrogen and oxygen atoms in total. The van der Waals surface area contributed by atoms with Gasteiger partial charge in [-0.25, -0.2) is 0 Å². The van der Waals surface area contributed by atoms with Crippen molar-refractivity contribution in [3.8, 4) is 11.5 Å². The summed E-state index contributed by atoms with van der Waals surface area (Å²) in [5, 5.41) is 0. The largest absolute Gasteiger partial charge is 0.494 e. The summed E-state index contributed by atoms with van der Waals surface area (Å²) in [7, 11) is 0. The summed E-state index contributed by atoms with van der Waals surface area (Å²) in [5.41, 5.74) is 0. The van der Waals surface area contributed by atoms with Crippen LogP contribution in [0.2, 0.25) is 0 Å². The van der Waals surface area contributed by atoms with Crippen molar-refractivity contribution in [3.63, 3.8) is 0 Å². The number of benzene rings is 1. The van der Waals surface area contributed by atoms with Crippen molar-refractivity contribution >= 4 is 0 Å². The fourth-order valence-electron chi connectivity index (χ4n) is 3.43. The van der Waals surface area contributed by atoms with E-state index >= 15 is 0 Å². The summed E-state index contributed by atoms with van der Waals surface area (Å²) in [5.74, 6) is 5.01. The van der Waals surface area contributed by atoms with Gasteiger partial charge in [0, 0.05) is 0 Å². The monoisotopic (exact) mass is 390 g/mol. The van der Waals surface area contributed by atoms with Gasteiger partial charge in [0.25, 0.3) is 0 Å². The lowest BCUT2D eigenvalue weighted by Crippen LogP contribution is -2.06. The van der Waals surface area contributed by atoms with Crippen LogP contribution in [0, 0.1) is 23.7 Å². The molecule has 0 aliphatic carbocycles. The van der Waals surface area contributed by atoms with Crippen LogP contribution in [0.25, 0.3) is 0 Å². The van der Waals surface area contributed by atoms with Gasteiger partial charge >= 0.3 is 0 Å². The molecule has 1 aromatic rings. The maximum absolute atomic E-state index is 5.91. The first-order chi connectivity index (χ1) is 13.4. The van der Waals surface area contributed by atoms with Crippen molar-refractivity contribution in [2.75, 3.05) is 13.2 Å². The van der Waals surface area contributed by atoms with Gasteiger partial charge in [0.2, 0.25) is 0 Å². The zero-order valence-corrected chi connectivity index (χ0v) is 19.5. The van der Waals surface area contributed by atoms with Gasteiger partial charge in [0.15, 0.2) is 0 Å². The van der Waals surface area contributed by atoms with Crippen LogP contribution in [0.4, 0.5) is 0 Å². The predicted octanol–water partition coefficient (Wildman–Crippen LogP) is 8.15. The first-order valence-corrected chi connectivity index (χ1v) is 11.7. The zero-order valence-electron chi connectivity index (χ0n) is 19.5. The maximum Gasteiger partial charge on any atom is 0.119 e. The topological polar surface area (TPSA) is 18.5 Å². The van der Waals surface area contributed by atoms with Gasteiger partial charge in [-0.15, -0.1) is 0 Å². The van der Waals surface area contributed by atoms with Crippen molar-refractivity contribution in [1.82, 2.24) is 0 Å². The Morgan fingerprint density at radius 3 is 1.21 bits per heavy atom. The molecule has 28 heavy (non-hydrogen) atoms. The molecule has 162 valence electrons. The number of rotatable bonds is 16. The van der Waals surface area contributed by atoms with Crippen LogP contribution in [0.3, 0.4) is 0 Å². The van der Waals surface area contributed by atoms with E-state index < -0.39 is 0 Å². The van der Waals surface area contributed by atoms with Gasteiger partial charge in [-0.2, -0.15) is 0 Å². The van der Waals surface area contributed by atoms with E-state index in [0.717, 1.165) is 61.2 Å². The Bertz CT molecular complexity index is 433. The second-order valence-corrected chi connectivity index (χ2v) is 9.61. The molecule has 1 rings (SSSR count). The van der Waals surface area contributed by atoms with Crippen molar-refractivity contribution in [2.45, 2.75) is 92.9 Å². The molecule has 0 aliphatic rings. The molecule has 0 amide bonds. The third kappa shape index (κ3) is 13.1. The molecular weight excluding hydrogens is 344 g/mol. The summed E-state index contributed by atoms with van der Waals surface area (Å²) in [6, 6.07) is 8.13. The molecule has 0 N–H and O–H groups in total. The second kappa shape index (κ2) is 14.8. The van der Waals surface area contributed by atoms with E-state index in [1.165, 1.54) is 38.5 Å². The van der Waals surface area contributed by atoms with Crippen LogP contribution >= 0.6 is 0 Å². The van der Waals surface area contributed by atoms with E-state index in [4.69, 9.17) is 9.47 Å². The first kappa shape index (κ1) is 24.9. The van der Waals surface area contributed by atoms with Crippen LogP contribution in [-0.2, 0) is 0 Å². The summed E-state index contributed by atoms with van der Waals surface area (Å²) in [4.78, 5) is 0. The fourth-order valence-corrected chi connectivity index (χ4v) is 3.43. The SMILES string of the molecule is CC(C)CCC[C@H](C)CCOc1ccc(OCC[C@@H](C)CCCC(C)C)cc1. The lowest BCUT2D eigenvalue weighted by Gasteiger charge is -2.14. The lowest BCUT2D eigenvalue weighted by atomic mass is 9.98. The molecule has 0 unspecified atom stereocenters. The number of hydrogen-bond donors (Lipinski definition) is 0.